The molecule has 0 saturated carbocycles. The Kier molecular flexibility index (Phi) is 4.47. The van der Waals surface area contributed by atoms with Gasteiger partial charge in [0.15, 0.2) is 5.13 Å². The molecule has 0 radical (unpaired) electrons. The summed E-state index contributed by atoms with van der Waals surface area (Å²) in [6.45, 7) is 2.20. The van der Waals surface area contributed by atoms with Crippen LogP contribution in [0, 0.1) is 0 Å². The van der Waals surface area contributed by atoms with Crippen LogP contribution in [0.5, 0.6) is 0 Å². The van der Waals surface area contributed by atoms with Crippen LogP contribution in [-0.2, 0) is 0 Å². The van der Waals surface area contributed by atoms with Gasteiger partial charge in [-0.15, -0.1) is 0 Å². The topological polar surface area (TPSA) is 113 Å². The number of thiazole rings is 1. The lowest BCUT2D eigenvalue weighted by atomic mass is 9.79. The average molecular weight is 342 g/mol. The predicted molar refractivity (Wildman–Crippen MR) is 95.3 cm³/mol. The van der Waals surface area contributed by atoms with Crippen molar-refractivity contribution < 1.29 is 14.8 Å². The van der Waals surface area contributed by atoms with Gasteiger partial charge in [0, 0.05) is 18.3 Å². The normalized spacial score (nSPS) is 10.8. The van der Waals surface area contributed by atoms with Gasteiger partial charge in [0.25, 0.3) is 0 Å². The predicted octanol–water partition coefficient (Wildman–Crippen LogP) is 0.943. The van der Waals surface area contributed by atoms with Crippen molar-refractivity contribution in [3.05, 3.63) is 36.5 Å². The molecule has 9 heteroatoms. The molecule has 4 N–H and O–H groups in total. The van der Waals surface area contributed by atoms with E-state index in [1.54, 1.807) is 31.3 Å². The number of pyridine rings is 1. The zero-order valence-electron chi connectivity index (χ0n) is 12.9. The fourth-order valence-corrected chi connectivity index (χ4v) is 3.54. The van der Waals surface area contributed by atoms with E-state index < -0.39 is 13.1 Å². The van der Waals surface area contributed by atoms with Gasteiger partial charge in [-0.2, -0.15) is 0 Å². The van der Waals surface area contributed by atoms with Crippen LogP contribution < -0.4 is 16.1 Å². The zero-order valence-corrected chi connectivity index (χ0v) is 13.7. The molecule has 0 aliphatic carbocycles. The summed E-state index contributed by atoms with van der Waals surface area (Å²) in [4.78, 5) is 21.7. The number of carbonyl (C=O) groups is 1. The number of nitrogens with two attached hydrogens (primary N) is 1. The van der Waals surface area contributed by atoms with Crippen LogP contribution in [0.25, 0.3) is 21.5 Å². The van der Waals surface area contributed by atoms with Gasteiger partial charge in [-0.1, -0.05) is 23.5 Å². The number of hydrogen-bond donors (Lipinski definition) is 3. The summed E-state index contributed by atoms with van der Waals surface area (Å²) in [5.41, 5.74) is 7.66. The fourth-order valence-electron chi connectivity index (χ4n) is 2.40. The Labute approximate surface area is 142 Å². The van der Waals surface area contributed by atoms with Gasteiger partial charge < -0.3 is 15.8 Å². The first-order valence-corrected chi connectivity index (χ1v) is 8.12. The Balaban J connectivity index is 2.25. The molecule has 0 spiro atoms. The maximum atomic E-state index is 11.6. The lowest BCUT2D eigenvalue weighted by molar-refractivity contribution is 0.254. The van der Waals surface area contributed by atoms with Crippen molar-refractivity contribution in [2.75, 3.05) is 11.4 Å². The Hall–Kier alpha value is -2.49. The molecule has 24 heavy (non-hydrogen) atoms. The van der Waals surface area contributed by atoms with Crippen LogP contribution in [0.1, 0.15) is 6.92 Å². The Morgan fingerprint density at radius 2 is 2.17 bits per heavy atom. The van der Waals surface area contributed by atoms with Gasteiger partial charge in [0.1, 0.15) is 0 Å². The Morgan fingerprint density at radius 1 is 1.38 bits per heavy atom. The van der Waals surface area contributed by atoms with E-state index in [1.807, 2.05) is 12.1 Å². The second-order valence-corrected chi connectivity index (χ2v) is 6.06. The minimum absolute atomic E-state index is 0.308. The summed E-state index contributed by atoms with van der Waals surface area (Å²) in [7, 11) is -1.62. The minimum atomic E-state index is -1.62. The molecule has 3 rings (SSSR count). The van der Waals surface area contributed by atoms with Crippen LogP contribution in [-0.4, -0.2) is 39.7 Å². The van der Waals surface area contributed by atoms with Crippen molar-refractivity contribution in [1.82, 2.24) is 9.97 Å². The molecule has 7 nitrogen and oxygen atoms in total. The van der Waals surface area contributed by atoms with Crippen LogP contribution in [0.4, 0.5) is 9.93 Å². The molecule has 0 fully saturated rings. The molecule has 0 aliphatic heterocycles. The van der Waals surface area contributed by atoms with Gasteiger partial charge in [-0.3, -0.25) is 9.88 Å². The maximum Gasteiger partial charge on any atom is 0.488 e. The molecule has 1 aromatic carbocycles. The summed E-state index contributed by atoms with van der Waals surface area (Å²) in [6.07, 6.45) is 1.66. The highest BCUT2D eigenvalue weighted by atomic mass is 32.1. The van der Waals surface area contributed by atoms with E-state index in [1.165, 1.54) is 16.2 Å². The molecular formula is C15H15BN4O3S. The SMILES string of the molecule is CCN(C(N)=O)c1nc2cc(B(O)O)cc(-c3ccccn3)c2s1. The third kappa shape index (κ3) is 2.96. The average Bonchev–Trinajstić information content (AvgIpc) is 2.98. The number of anilines is 1. The van der Waals surface area contributed by atoms with Crippen LogP contribution in [0.2, 0.25) is 0 Å². The lowest BCUT2D eigenvalue weighted by Gasteiger charge is -2.13. The van der Waals surface area contributed by atoms with E-state index in [4.69, 9.17) is 5.73 Å². The second-order valence-electron chi connectivity index (χ2n) is 5.08. The van der Waals surface area contributed by atoms with Crippen molar-refractivity contribution >= 4 is 45.3 Å². The van der Waals surface area contributed by atoms with Crippen molar-refractivity contribution in [2.45, 2.75) is 6.92 Å². The number of carbonyl (C=O) groups excluding carboxylic acids is 1. The quantitative estimate of drug-likeness (QED) is 0.611. The second kappa shape index (κ2) is 6.56. The number of amides is 2. The van der Waals surface area contributed by atoms with Crippen LogP contribution in [0.15, 0.2) is 36.5 Å². The van der Waals surface area contributed by atoms with Gasteiger partial charge in [0.2, 0.25) is 0 Å². The highest BCUT2D eigenvalue weighted by Crippen LogP contribution is 2.35. The van der Waals surface area contributed by atoms with Gasteiger partial charge in [-0.05, 0) is 30.6 Å². The van der Waals surface area contributed by atoms with Gasteiger partial charge in [0.05, 0.1) is 15.9 Å². The summed E-state index contributed by atoms with van der Waals surface area (Å²) in [5.74, 6) is 0. The fraction of sp³-hybridized carbons (Fsp3) is 0.133. The van der Waals surface area contributed by atoms with E-state index in [2.05, 4.69) is 9.97 Å². The third-order valence-corrected chi connectivity index (χ3v) is 4.68. The highest BCUT2D eigenvalue weighted by molar-refractivity contribution is 7.23. The summed E-state index contributed by atoms with van der Waals surface area (Å²) in [5, 5.41) is 19.5. The van der Waals surface area contributed by atoms with E-state index >= 15 is 0 Å². The molecule has 0 aliphatic rings. The molecule has 122 valence electrons. The highest BCUT2D eigenvalue weighted by Gasteiger charge is 2.21. The van der Waals surface area contributed by atoms with E-state index in [0.29, 0.717) is 28.3 Å². The number of aromatic nitrogens is 2. The smallest absolute Gasteiger partial charge is 0.423 e. The molecule has 2 aromatic heterocycles. The number of urea groups is 1. The van der Waals surface area contributed by atoms with E-state index in [9.17, 15) is 14.8 Å². The van der Waals surface area contributed by atoms with Crippen molar-refractivity contribution in [3.8, 4) is 11.3 Å². The van der Waals surface area contributed by atoms with Crippen molar-refractivity contribution in [3.63, 3.8) is 0 Å². The lowest BCUT2D eigenvalue weighted by Crippen LogP contribution is -2.35. The van der Waals surface area contributed by atoms with E-state index in [-0.39, 0.29) is 0 Å². The number of hydrogen-bond acceptors (Lipinski definition) is 6. The van der Waals surface area contributed by atoms with Gasteiger partial charge >= 0.3 is 13.1 Å². The molecule has 3 aromatic rings. The number of rotatable bonds is 4. The first kappa shape index (κ1) is 16.4. The summed E-state index contributed by atoms with van der Waals surface area (Å²) >= 11 is 1.31. The third-order valence-electron chi connectivity index (χ3n) is 3.55. The zero-order chi connectivity index (χ0) is 17.3. The Bertz CT molecular complexity index is 885. The van der Waals surface area contributed by atoms with Crippen molar-refractivity contribution in [2.24, 2.45) is 5.73 Å². The first-order chi connectivity index (χ1) is 11.5. The molecule has 0 saturated heterocycles. The molecule has 0 bridgehead atoms. The first-order valence-electron chi connectivity index (χ1n) is 7.30. The summed E-state index contributed by atoms with van der Waals surface area (Å²) in [6, 6.07) is 8.14. The molecule has 0 atom stereocenters. The summed E-state index contributed by atoms with van der Waals surface area (Å²) < 4.78 is 0.799. The number of benzene rings is 1. The standard InChI is InChI=1S/C15H15BN4O3S/c1-2-20(14(17)21)15-19-12-8-9(16(22)23)7-10(13(12)24-15)11-5-3-4-6-18-11/h3-8,22-23H,2H2,1H3,(H2,17,21). The number of fused-ring (bicyclic) bond motifs is 1. The largest absolute Gasteiger partial charge is 0.488 e. The molecular weight excluding hydrogens is 327 g/mol. The van der Waals surface area contributed by atoms with E-state index in [0.717, 1.165) is 10.3 Å². The molecule has 2 heterocycles. The minimum Gasteiger partial charge on any atom is -0.423 e. The number of nitrogens with zero attached hydrogens (tertiary/aromatic N) is 3. The van der Waals surface area contributed by atoms with Gasteiger partial charge in [-0.25, -0.2) is 9.78 Å². The van der Waals surface area contributed by atoms with Crippen molar-refractivity contribution in [1.29, 1.82) is 0 Å². The van der Waals surface area contributed by atoms with Crippen LogP contribution in [0.3, 0.4) is 0 Å². The molecule has 2 amide bonds. The molecule has 0 unspecified atom stereocenters. The Morgan fingerprint density at radius 3 is 2.75 bits per heavy atom. The maximum absolute atomic E-state index is 11.6. The van der Waals surface area contributed by atoms with Crippen LogP contribution >= 0.6 is 11.3 Å². The number of primary amides is 1. The monoisotopic (exact) mass is 342 g/mol.